The van der Waals surface area contributed by atoms with Crippen molar-refractivity contribution in [2.75, 3.05) is 7.11 Å². The molecular weight excluding hydrogens is 376 g/mol. The quantitative estimate of drug-likeness (QED) is 0.636. The number of hydrogen-bond donors (Lipinski definition) is 1. The van der Waals surface area contributed by atoms with E-state index in [1.807, 2.05) is 52.0 Å². The summed E-state index contributed by atoms with van der Waals surface area (Å²) in [5.74, 6) is 0.600. The van der Waals surface area contributed by atoms with Crippen molar-refractivity contribution < 1.29 is 14.3 Å². The molecule has 0 spiro atoms. The van der Waals surface area contributed by atoms with Crippen molar-refractivity contribution in [3.63, 3.8) is 0 Å². The Balaban J connectivity index is 2.22. The molecule has 2 amide bonds. The van der Waals surface area contributed by atoms with E-state index >= 15 is 0 Å². The fourth-order valence-electron chi connectivity index (χ4n) is 3.42. The Kier molecular flexibility index (Phi) is 8.90. The van der Waals surface area contributed by atoms with E-state index in [0.29, 0.717) is 25.8 Å². The number of carbonyl (C=O) groups excluding carboxylic acids is 2. The van der Waals surface area contributed by atoms with E-state index in [1.165, 1.54) is 5.56 Å². The van der Waals surface area contributed by atoms with Crippen molar-refractivity contribution in [3.8, 4) is 5.75 Å². The molecule has 0 fully saturated rings. The Bertz CT molecular complexity index is 831. The molecule has 0 heterocycles. The summed E-state index contributed by atoms with van der Waals surface area (Å²) in [7, 11) is 1.62. The number of aryl methyl sites for hydroxylation is 2. The van der Waals surface area contributed by atoms with E-state index < -0.39 is 6.04 Å². The van der Waals surface area contributed by atoms with Crippen LogP contribution in [0.25, 0.3) is 0 Å². The molecule has 0 aliphatic heterocycles. The van der Waals surface area contributed by atoms with Crippen LogP contribution >= 0.6 is 0 Å². The minimum Gasteiger partial charge on any atom is -0.497 e. The van der Waals surface area contributed by atoms with E-state index in [0.717, 1.165) is 16.9 Å². The lowest BCUT2D eigenvalue weighted by Crippen LogP contribution is -2.50. The fraction of sp³-hybridized carbons (Fsp3) is 0.440. The predicted molar refractivity (Wildman–Crippen MR) is 120 cm³/mol. The molecule has 1 N–H and O–H groups in total. The van der Waals surface area contributed by atoms with Gasteiger partial charge in [-0.05, 0) is 56.9 Å². The van der Waals surface area contributed by atoms with Crippen LogP contribution in [0.3, 0.4) is 0 Å². The van der Waals surface area contributed by atoms with E-state index in [1.54, 1.807) is 12.0 Å². The standard InChI is InChI=1S/C25H34N2O3/c1-6-23(25(29)26-18(2)3)27(17-21-8-7-9-22(16-21)30-5)24(28)15-14-20-12-10-19(4)11-13-20/h7-13,16,18,23H,6,14-15,17H2,1-5H3,(H,26,29)/t23-/m0/s1. The minimum absolute atomic E-state index is 0.0212. The highest BCUT2D eigenvalue weighted by Gasteiger charge is 2.28. The number of benzene rings is 2. The number of carbonyl (C=O) groups is 2. The highest BCUT2D eigenvalue weighted by atomic mass is 16.5. The van der Waals surface area contributed by atoms with Gasteiger partial charge in [0.25, 0.3) is 0 Å². The normalized spacial score (nSPS) is 11.8. The summed E-state index contributed by atoms with van der Waals surface area (Å²) in [5.41, 5.74) is 3.25. The lowest BCUT2D eigenvalue weighted by molar-refractivity contribution is -0.141. The van der Waals surface area contributed by atoms with Gasteiger partial charge >= 0.3 is 0 Å². The Morgan fingerprint density at radius 3 is 2.37 bits per heavy atom. The maximum absolute atomic E-state index is 13.2. The van der Waals surface area contributed by atoms with Crippen molar-refractivity contribution in [2.24, 2.45) is 0 Å². The SMILES string of the molecule is CC[C@@H](C(=O)NC(C)C)N(Cc1cccc(OC)c1)C(=O)CCc1ccc(C)cc1. The minimum atomic E-state index is -0.510. The lowest BCUT2D eigenvalue weighted by Gasteiger charge is -2.31. The number of rotatable bonds is 10. The van der Waals surface area contributed by atoms with Gasteiger partial charge in [-0.15, -0.1) is 0 Å². The van der Waals surface area contributed by atoms with Crippen LogP contribution in [0, 0.1) is 6.92 Å². The van der Waals surface area contributed by atoms with Gasteiger partial charge in [0.1, 0.15) is 11.8 Å². The average Bonchev–Trinajstić information content (AvgIpc) is 2.72. The molecule has 2 rings (SSSR count). The number of nitrogens with one attached hydrogen (secondary N) is 1. The first kappa shape index (κ1) is 23.5. The molecule has 0 aromatic heterocycles. The second kappa shape index (κ2) is 11.4. The molecule has 0 radical (unpaired) electrons. The van der Waals surface area contributed by atoms with Crippen molar-refractivity contribution >= 4 is 11.8 Å². The molecule has 2 aromatic rings. The third kappa shape index (κ3) is 6.90. The molecule has 5 nitrogen and oxygen atoms in total. The zero-order valence-electron chi connectivity index (χ0n) is 18.8. The molecule has 1 atom stereocenters. The summed E-state index contributed by atoms with van der Waals surface area (Å²) >= 11 is 0. The molecule has 162 valence electrons. The van der Waals surface area contributed by atoms with Crippen LogP contribution in [0.15, 0.2) is 48.5 Å². The molecule has 0 unspecified atom stereocenters. The smallest absolute Gasteiger partial charge is 0.243 e. The predicted octanol–water partition coefficient (Wildman–Crippen LogP) is 4.27. The number of methoxy groups -OCH3 is 1. The molecule has 0 bridgehead atoms. The Morgan fingerprint density at radius 1 is 1.07 bits per heavy atom. The summed E-state index contributed by atoms with van der Waals surface area (Å²) in [6, 6.07) is 15.4. The molecule has 0 saturated heterocycles. The summed E-state index contributed by atoms with van der Waals surface area (Å²) in [5, 5.41) is 2.96. The van der Waals surface area contributed by atoms with Crippen molar-refractivity contribution in [2.45, 2.75) is 65.6 Å². The average molecular weight is 411 g/mol. The van der Waals surface area contributed by atoms with Crippen molar-refractivity contribution in [1.29, 1.82) is 0 Å². The first-order valence-electron chi connectivity index (χ1n) is 10.6. The summed E-state index contributed by atoms with van der Waals surface area (Å²) < 4.78 is 5.32. The first-order chi connectivity index (χ1) is 14.3. The largest absolute Gasteiger partial charge is 0.497 e. The molecule has 0 aliphatic carbocycles. The second-order valence-corrected chi connectivity index (χ2v) is 7.95. The molecule has 2 aromatic carbocycles. The highest BCUT2D eigenvalue weighted by Crippen LogP contribution is 2.19. The molecule has 0 aliphatic rings. The van der Waals surface area contributed by atoms with Crippen LogP contribution < -0.4 is 10.1 Å². The van der Waals surface area contributed by atoms with E-state index in [9.17, 15) is 9.59 Å². The van der Waals surface area contributed by atoms with Crippen LogP contribution in [0.5, 0.6) is 5.75 Å². The third-order valence-corrected chi connectivity index (χ3v) is 5.05. The summed E-state index contributed by atoms with van der Waals surface area (Å²) in [4.78, 5) is 27.8. The number of hydrogen-bond acceptors (Lipinski definition) is 3. The van der Waals surface area contributed by atoms with Crippen LogP contribution in [0.2, 0.25) is 0 Å². The van der Waals surface area contributed by atoms with Gasteiger partial charge in [0.05, 0.1) is 7.11 Å². The van der Waals surface area contributed by atoms with Crippen LogP contribution in [-0.2, 0) is 22.6 Å². The lowest BCUT2D eigenvalue weighted by atomic mass is 10.0. The fourth-order valence-corrected chi connectivity index (χ4v) is 3.42. The van der Waals surface area contributed by atoms with Gasteiger partial charge in [-0.3, -0.25) is 9.59 Å². The maximum atomic E-state index is 13.2. The van der Waals surface area contributed by atoms with E-state index in [2.05, 4.69) is 29.6 Å². The van der Waals surface area contributed by atoms with Gasteiger partial charge in [0.2, 0.25) is 11.8 Å². The van der Waals surface area contributed by atoms with Gasteiger partial charge in [-0.25, -0.2) is 0 Å². The van der Waals surface area contributed by atoms with Gasteiger partial charge in [0, 0.05) is 19.0 Å². The van der Waals surface area contributed by atoms with Gasteiger partial charge in [-0.2, -0.15) is 0 Å². The van der Waals surface area contributed by atoms with E-state index in [4.69, 9.17) is 4.74 Å². The highest BCUT2D eigenvalue weighted by molar-refractivity contribution is 5.87. The topological polar surface area (TPSA) is 58.6 Å². The third-order valence-electron chi connectivity index (χ3n) is 5.05. The molecule has 5 heteroatoms. The molecular formula is C25H34N2O3. The van der Waals surface area contributed by atoms with Crippen LogP contribution in [-0.4, -0.2) is 35.9 Å². The van der Waals surface area contributed by atoms with Crippen LogP contribution in [0.1, 0.15) is 50.3 Å². The van der Waals surface area contributed by atoms with Gasteiger partial charge in [0.15, 0.2) is 0 Å². The zero-order chi connectivity index (χ0) is 22.1. The summed E-state index contributed by atoms with van der Waals surface area (Å²) in [6.07, 6.45) is 1.56. The van der Waals surface area contributed by atoms with E-state index in [-0.39, 0.29) is 17.9 Å². The van der Waals surface area contributed by atoms with Crippen molar-refractivity contribution in [3.05, 3.63) is 65.2 Å². The Morgan fingerprint density at radius 2 is 1.77 bits per heavy atom. The maximum Gasteiger partial charge on any atom is 0.243 e. The Labute approximate surface area is 180 Å². The number of ether oxygens (including phenoxy) is 1. The zero-order valence-corrected chi connectivity index (χ0v) is 18.8. The number of amides is 2. The van der Waals surface area contributed by atoms with Crippen LogP contribution in [0.4, 0.5) is 0 Å². The second-order valence-electron chi connectivity index (χ2n) is 7.95. The number of nitrogens with zero attached hydrogens (tertiary/aromatic N) is 1. The monoisotopic (exact) mass is 410 g/mol. The van der Waals surface area contributed by atoms with Gasteiger partial charge in [-0.1, -0.05) is 48.9 Å². The Hall–Kier alpha value is -2.82. The van der Waals surface area contributed by atoms with Gasteiger partial charge < -0.3 is 15.0 Å². The van der Waals surface area contributed by atoms with Crippen molar-refractivity contribution in [1.82, 2.24) is 10.2 Å². The molecule has 30 heavy (non-hydrogen) atoms. The molecule has 0 saturated carbocycles. The summed E-state index contributed by atoms with van der Waals surface area (Å²) in [6.45, 7) is 8.21. The first-order valence-corrected chi connectivity index (χ1v) is 10.6.